The van der Waals surface area contributed by atoms with E-state index in [4.69, 9.17) is 4.98 Å². The Balaban J connectivity index is 1.12. The first kappa shape index (κ1) is 19.5. The summed E-state index contributed by atoms with van der Waals surface area (Å²) in [7, 11) is 1.91. The van der Waals surface area contributed by atoms with Crippen LogP contribution in [-0.4, -0.2) is 32.6 Å². The van der Waals surface area contributed by atoms with Crippen molar-refractivity contribution in [3.8, 4) is 0 Å². The van der Waals surface area contributed by atoms with Crippen LogP contribution in [0.5, 0.6) is 0 Å². The number of hydrogen-bond acceptors (Lipinski definition) is 5. The molecule has 0 bridgehead atoms. The lowest BCUT2D eigenvalue weighted by molar-refractivity contribution is 0.461. The highest BCUT2D eigenvalue weighted by atomic mass is 15.1. The van der Waals surface area contributed by atoms with Gasteiger partial charge in [-0.1, -0.05) is 12.1 Å². The summed E-state index contributed by atoms with van der Waals surface area (Å²) < 4.78 is 2.37. The molecule has 2 saturated carbocycles. The summed E-state index contributed by atoms with van der Waals surface area (Å²) in [6.45, 7) is 0. The van der Waals surface area contributed by atoms with Gasteiger partial charge in [0.25, 0.3) is 0 Å². The van der Waals surface area contributed by atoms with Gasteiger partial charge in [-0.2, -0.15) is 0 Å². The Morgan fingerprint density at radius 2 is 1.94 bits per heavy atom. The van der Waals surface area contributed by atoms with E-state index in [0.717, 1.165) is 40.5 Å². The highest BCUT2D eigenvalue weighted by molar-refractivity contribution is 5.87. The van der Waals surface area contributed by atoms with Crippen LogP contribution in [0.15, 0.2) is 48.9 Å². The molecule has 2 atom stereocenters. The third-order valence-corrected chi connectivity index (χ3v) is 7.18. The van der Waals surface area contributed by atoms with E-state index in [2.05, 4.69) is 67.8 Å². The molecule has 2 N–H and O–H groups in total. The number of aryl methyl sites for hydroxylation is 1. The van der Waals surface area contributed by atoms with Gasteiger partial charge in [0.05, 0.1) is 10.9 Å². The molecular weight excluding hydrogens is 396 g/mol. The van der Waals surface area contributed by atoms with Crippen molar-refractivity contribution in [3.05, 3.63) is 54.5 Å². The summed E-state index contributed by atoms with van der Waals surface area (Å²) in [5.74, 6) is 2.68. The Morgan fingerprint density at radius 3 is 2.81 bits per heavy atom. The topological polar surface area (TPSA) is 67.7 Å². The summed E-state index contributed by atoms with van der Waals surface area (Å²) in [5.41, 5.74) is 3.55. The third-order valence-electron chi connectivity index (χ3n) is 7.18. The second-order valence-corrected chi connectivity index (χ2v) is 9.45. The van der Waals surface area contributed by atoms with Crippen molar-refractivity contribution in [2.24, 2.45) is 5.92 Å². The molecule has 3 heterocycles. The normalized spacial score (nSPS) is 20.8. The standard InChI is InChI=1S/C26H30N6/c1-27-25-22-12-13-32(26(22)29-16-28-25)21-10-5-17(14-21)2-3-18-4-6-19-7-11-24(30-20-8-9-20)31-23(19)15-18/h4,6-7,11-13,15-17,20-21H,2-3,5,8-10,14H2,1H3,(H,30,31)(H,27,28,29). The Labute approximate surface area is 188 Å². The summed E-state index contributed by atoms with van der Waals surface area (Å²) in [5, 5.41) is 9.02. The minimum Gasteiger partial charge on any atom is -0.372 e. The summed E-state index contributed by atoms with van der Waals surface area (Å²) in [6.07, 6.45) is 12.5. The fourth-order valence-corrected chi connectivity index (χ4v) is 5.23. The third kappa shape index (κ3) is 3.78. The van der Waals surface area contributed by atoms with Crippen LogP contribution in [0.3, 0.4) is 0 Å². The summed E-state index contributed by atoms with van der Waals surface area (Å²) in [6, 6.07) is 14.4. The van der Waals surface area contributed by atoms with Crippen LogP contribution in [-0.2, 0) is 6.42 Å². The van der Waals surface area contributed by atoms with E-state index in [0.29, 0.717) is 12.1 Å². The van der Waals surface area contributed by atoms with Crippen LogP contribution < -0.4 is 10.6 Å². The van der Waals surface area contributed by atoms with Gasteiger partial charge in [-0.25, -0.2) is 15.0 Å². The fraction of sp³-hybridized carbons (Fsp3) is 0.423. The molecule has 2 fully saturated rings. The molecule has 0 spiro atoms. The van der Waals surface area contributed by atoms with Gasteiger partial charge < -0.3 is 15.2 Å². The predicted molar refractivity (Wildman–Crippen MR) is 130 cm³/mol. The number of benzene rings is 1. The molecule has 2 unspecified atom stereocenters. The average molecular weight is 427 g/mol. The number of pyridine rings is 1. The highest BCUT2D eigenvalue weighted by Gasteiger charge is 2.27. The van der Waals surface area contributed by atoms with Crippen LogP contribution in [0.1, 0.15) is 50.1 Å². The zero-order valence-electron chi connectivity index (χ0n) is 18.6. The quantitative estimate of drug-likeness (QED) is 0.404. The number of fused-ring (bicyclic) bond motifs is 2. The monoisotopic (exact) mass is 426 g/mol. The number of hydrogen-bond donors (Lipinski definition) is 2. The van der Waals surface area contributed by atoms with E-state index >= 15 is 0 Å². The van der Waals surface area contributed by atoms with Crippen molar-refractivity contribution in [2.75, 3.05) is 17.7 Å². The lowest BCUT2D eigenvalue weighted by Gasteiger charge is -2.15. The first-order chi connectivity index (χ1) is 15.8. The molecule has 0 radical (unpaired) electrons. The largest absolute Gasteiger partial charge is 0.372 e. The molecule has 6 rings (SSSR count). The van der Waals surface area contributed by atoms with Crippen molar-refractivity contribution in [1.82, 2.24) is 19.5 Å². The van der Waals surface area contributed by atoms with Gasteiger partial charge >= 0.3 is 0 Å². The van der Waals surface area contributed by atoms with Gasteiger partial charge in [0, 0.05) is 30.7 Å². The molecule has 2 aliphatic carbocycles. The van der Waals surface area contributed by atoms with Crippen molar-refractivity contribution >= 4 is 33.6 Å². The number of nitrogens with one attached hydrogen (secondary N) is 2. The van der Waals surface area contributed by atoms with E-state index in [1.165, 1.54) is 49.5 Å². The Hall–Kier alpha value is -3.15. The van der Waals surface area contributed by atoms with Crippen molar-refractivity contribution in [1.29, 1.82) is 0 Å². The smallest absolute Gasteiger partial charge is 0.145 e. The van der Waals surface area contributed by atoms with Crippen LogP contribution in [0.25, 0.3) is 21.9 Å². The Bertz CT molecular complexity index is 1260. The van der Waals surface area contributed by atoms with Gasteiger partial charge in [0.15, 0.2) is 0 Å². The second kappa shape index (κ2) is 8.08. The van der Waals surface area contributed by atoms with E-state index in [1.54, 1.807) is 6.33 Å². The first-order valence-electron chi connectivity index (χ1n) is 11.9. The van der Waals surface area contributed by atoms with Gasteiger partial charge in [-0.05, 0) is 80.7 Å². The molecule has 0 saturated heterocycles. The van der Waals surface area contributed by atoms with Gasteiger partial charge in [-0.15, -0.1) is 0 Å². The Kier molecular flexibility index (Phi) is 4.93. The molecule has 4 aromatic rings. The van der Waals surface area contributed by atoms with Crippen LogP contribution in [0, 0.1) is 5.92 Å². The summed E-state index contributed by atoms with van der Waals surface area (Å²) in [4.78, 5) is 13.8. The van der Waals surface area contributed by atoms with Crippen molar-refractivity contribution in [2.45, 2.75) is 57.0 Å². The van der Waals surface area contributed by atoms with Crippen molar-refractivity contribution in [3.63, 3.8) is 0 Å². The minimum absolute atomic E-state index is 0.534. The van der Waals surface area contributed by atoms with E-state index in [-0.39, 0.29) is 0 Å². The van der Waals surface area contributed by atoms with E-state index in [1.807, 2.05) is 7.05 Å². The molecule has 32 heavy (non-hydrogen) atoms. The predicted octanol–water partition coefficient (Wildman–Crippen LogP) is 5.57. The lowest BCUT2D eigenvalue weighted by atomic mass is 9.97. The van der Waals surface area contributed by atoms with Gasteiger partial charge in [0.2, 0.25) is 0 Å². The number of rotatable bonds is 7. The van der Waals surface area contributed by atoms with Crippen LogP contribution >= 0.6 is 0 Å². The average Bonchev–Trinajstić information content (AvgIpc) is 3.33. The van der Waals surface area contributed by atoms with Gasteiger partial charge in [0.1, 0.15) is 23.6 Å². The van der Waals surface area contributed by atoms with Crippen molar-refractivity contribution < 1.29 is 0 Å². The van der Waals surface area contributed by atoms with Crippen LogP contribution in [0.4, 0.5) is 11.6 Å². The van der Waals surface area contributed by atoms with E-state index in [9.17, 15) is 0 Å². The zero-order chi connectivity index (χ0) is 21.5. The summed E-state index contributed by atoms with van der Waals surface area (Å²) >= 11 is 0. The zero-order valence-corrected chi connectivity index (χ0v) is 18.6. The second-order valence-electron chi connectivity index (χ2n) is 9.45. The molecule has 2 aliphatic rings. The molecule has 0 amide bonds. The first-order valence-corrected chi connectivity index (χ1v) is 11.9. The molecule has 164 valence electrons. The minimum atomic E-state index is 0.534. The molecule has 1 aromatic carbocycles. The number of aromatic nitrogens is 4. The molecule has 0 aliphatic heterocycles. The molecule has 6 nitrogen and oxygen atoms in total. The van der Waals surface area contributed by atoms with Crippen LogP contribution in [0.2, 0.25) is 0 Å². The molecule has 3 aromatic heterocycles. The maximum Gasteiger partial charge on any atom is 0.145 e. The molecular formula is C26H30N6. The van der Waals surface area contributed by atoms with Gasteiger partial charge in [-0.3, -0.25) is 0 Å². The molecule has 6 heteroatoms. The maximum atomic E-state index is 4.85. The maximum absolute atomic E-state index is 4.85. The fourth-order valence-electron chi connectivity index (χ4n) is 5.23. The lowest BCUT2D eigenvalue weighted by Crippen LogP contribution is -2.06. The number of anilines is 2. The van der Waals surface area contributed by atoms with E-state index < -0.39 is 0 Å². The Morgan fingerprint density at radius 1 is 1.03 bits per heavy atom. The number of nitrogens with zero attached hydrogens (tertiary/aromatic N) is 4. The highest BCUT2D eigenvalue weighted by Crippen LogP contribution is 2.39. The SMILES string of the molecule is CNc1ncnc2c1ccn2C1CCC(CCc2ccc3ccc(NC4CC4)nc3c2)C1.